The summed E-state index contributed by atoms with van der Waals surface area (Å²) in [6, 6.07) is 4.13. The molecule has 0 bridgehead atoms. The van der Waals surface area contributed by atoms with Crippen LogP contribution >= 0.6 is 0 Å². The molecule has 2 heterocycles. The third kappa shape index (κ3) is 3.53. The van der Waals surface area contributed by atoms with E-state index in [1.165, 1.54) is 0 Å². The minimum Gasteiger partial charge on any atom is -0.434 e. The largest absolute Gasteiger partial charge is 0.434 e. The zero-order valence-electron chi connectivity index (χ0n) is 10.8. The van der Waals surface area contributed by atoms with E-state index in [0.29, 0.717) is 24.2 Å². The average Bonchev–Trinajstić information content (AvgIpc) is 2.74. The van der Waals surface area contributed by atoms with Crippen LogP contribution in [0.5, 0.6) is 11.6 Å². The zero-order chi connectivity index (χ0) is 13.0. The Labute approximate surface area is 106 Å². The van der Waals surface area contributed by atoms with E-state index in [9.17, 15) is 0 Å². The van der Waals surface area contributed by atoms with Crippen LogP contribution in [-0.2, 0) is 13.6 Å². The Hall–Kier alpha value is -1.95. The highest BCUT2D eigenvalue weighted by Crippen LogP contribution is 2.16. The van der Waals surface area contributed by atoms with Gasteiger partial charge in [-0.1, -0.05) is 13.8 Å². The number of nitrogens with one attached hydrogen (secondary N) is 1. The Kier molecular flexibility index (Phi) is 3.88. The maximum Gasteiger partial charge on any atom is 0.239 e. The molecule has 6 nitrogen and oxygen atoms in total. The lowest BCUT2D eigenvalue weighted by Gasteiger charge is -2.07. The van der Waals surface area contributed by atoms with E-state index in [1.54, 1.807) is 23.1 Å². The van der Waals surface area contributed by atoms with Crippen molar-refractivity contribution in [1.82, 2.24) is 25.3 Å². The van der Waals surface area contributed by atoms with Gasteiger partial charge in [-0.15, -0.1) is 5.10 Å². The first-order chi connectivity index (χ1) is 8.63. The SMILES string of the molecule is CC(C)NCc1ccc(Oc2cnn(C)c2)nn1. The first kappa shape index (κ1) is 12.5. The molecule has 0 saturated carbocycles. The minimum absolute atomic E-state index is 0.429. The molecule has 0 aliphatic heterocycles. The van der Waals surface area contributed by atoms with Gasteiger partial charge in [0, 0.05) is 25.7 Å². The van der Waals surface area contributed by atoms with Crippen LogP contribution in [0.2, 0.25) is 0 Å². The molecule has 18 heavy (non-hydrogen) atoms. The first-order valence-electron chi connectivity index (χ1n) is 5.86. The van der Waals surface area contributed by atoms with Crippen molar-refractivity contribution in [3.63, 3.8) is 0 Å². The second-order valence-corrected chi connectivity index (χ2v) is 4.35. The monoisotopic (exact) mass is 247 g/mol. The Morgan fingerprint density at radius 2 is 2.17 bits per heavy atom. The molecule has 2 rings (SSSR count). The number of hydrogen-bond donors (Lipinski definition) is 1. The van der Waals surface area contributed by atoms with Gasteiger partial charge in [-0.25, -0.2) is 0 Å². The number of aryl methyl sites for hydroxylation is 1. The summed E-state index contributed by atoms with van der Waals surface area (Å²) in [5.74, 6) is 1.12. The summed E-state index contributed by atoms with van der Waals surface area (Å²) >= 11 is 0. The molecular weight excluding hydrogens is 230 g/mol. The zero-order valence-corrected chi connectivity index (χ0v) is 10.8. The van der Waals surface area contributed by atoms with Crippen molar-refractivity contribution in [3.05, 3.63) is 30.2 Å². The fraction of sp³-hybridized carbons (Fsp3) is 0.417. The predicted octanol–water partition coefficient (Wildman–Crippen LogP) is 1.50. The second kappa shape index (κ2) is 5.59. The average molecular weight is 247 g/mol. The topological polar surface area (TPSA) is 64.9 Å². The van der Waals surface area contributed by atoms with Gasteiger partial charge in [0.25, 0.3) is 0 Å². The van der Waals surface area contributed by atoms with Gasteiger partial charge in [-0.3, -0.25) is 4.68 Å². The maximum absolute atomic E-state index is 5.50. The summed E-state index contributed by atoms with van der Waals surface area (Å²) in [4.78, 5) is 0. The molecule has 0 amide bonds. The molecule has 96 valence electrons. The van der Waals surface area contributed by atoms with Crippen molar-refractivity contribution >= 4 is 0 Å². The van der Waals surface area contributed by atoms with Gasteiger partial charge in [0.1, 0.15) is 0 Å². The lowest BCUT2D eigenvalue weighted by molar-refractivity contribution is 0.452. The summed E-state index contributed by atoms with van der Waals surface area (Å²) in [6.07, 6.45) is 3.41. The Bertz CT molecular complexity index is 491. The van der Waals surface area contributed by atoms with E-state index in [-0.39, 0.29) is 0 Å². The smallest absolute Gasteiger partial charge is 0.239 e. The lowest BCUT2D eigenvalue weighted by Crippen LogP contribution is -2.22. The third-order valence-corrected chi connectivity index (χ3v) is 2.29. The van der Waals surface area contributed by atoms with E-state index in [4.69, 9.17) is 4.74 Å². The van der Waals surface area contributed by atoms with Gasteiger partial charge in [-0.2, -0.15) is 10.2 Å². The highest BCUT2D eigenvalue weighted by atomic mass is 16.5. The molecule has 2 aromatic rings. The van der Waals surface area contributed by atoms with E-state index in [1.807, 2.05) is 13.1 Å². The molecular formula is C12H17N5O. The number of rotatable bonds is 5. The molecule has 1 N–H and O–H groups in total. The van der Waals surface area contributed by atoms with Crippen LogP contribution in [0.25, 0.3) is 0 Å². The van der Waals surface area contributed by atoms with Gasteiger partial charge in [0.15, 0.2) is 5.75 Å². The lowest BCUT2D eigenvalue weighted by atomic mass is 10.3. The summed E-state index contributed by atoms with van der Waals surface area (Å²) in [6.45, 7) is 4.89. The number of nitrogens with zero attached hydrogens (tertiary/aromatic N) is 4. The summed E-state index contributed by atoms with van der Waals surface area (Å²) < 4.78 is 7.17. The van der Waals surface area contributed by atoms with E-state index >= 15 is 0 Å². The number of ether oxygens (including phenoxy) is 1. The number of hydrogen-bond acceptors (Lipinski definition) is 5. The van der Waals surface area contributed by atoms with Crippen molar-refractivity contribution in [2.45, 2.75) is 26.4 Å². The van der Waals surface area contributed by atoms with Crippen molar-refractivity contribution in [3.8, 4) is 11.6 Å². The standard InChI is InChI=1S/C12H17N5O/c1-9(2)13-6-10-4-5-12(16-15-10)18-11-7-14-17(3)8-11/h4-5,7-9,13H,6H2,1-3H3. The van der Waals surface area contributed by atoms with Crippen molar-refractivity contribution in [2.24, 2.45) is 7.05 Å². The van der Waals surface area contributed by atoms with Crippen LogP contribution in [0, 0.1) is 0 Å². The summed E-state index contributed by atoms with van der Waals surface area (Å²) in [5, 5.41) is 15.4. The molecule has 0 fully saturated rings. The maximum atomic E-state index is 5.50. The Morgan fingerprint density at radius 3 is 2.72 bits per heavy atom. The molecule has 0 atom stereocenters. The van der Waals surface area contributed by atoms with Gasteiger partial charge < -0.3 is 10.1 Å². The van der Waals surface area contributed by atoms with Crippen LogP contribution in [0.3, 0.4) is 0 Å². The Morgan fingerprint density at radius 1 is 1.33 bits per heavy atom. The van der Waals surface area contributed by atoms with E-state index in [0.717, 1.165) is 5.69 Å². The van der Waals surface area contributed by atoms with Gasteiger partial charge in [-0.05, 0) is 6.07 Å². The second-order valence-electron chi connectivity index (χ2n) is 4.35. The normalized spacial score (nSPS) is 10.9. The highest BCUT2D eigenvalue weighted by Gasteiger charge is 2.02. The van der Waals surface area contributed by atoms with Crippen molar-refractivity contribution in [1.29, 1.82) is 0 Å². The van der Waals surface area contributed by atoms with Crippen LogP contribution in [0.1, 0.15) is 19.5 Å². The molecule has 0 spiro atoms. The van der Waals surface area contributed by atoms with Crippen LogP contribution in [0.15, 0.2) is 24.5 Å². The molecule has 6 heteroatoms. The molecule has 0 saturated heterocycles. The summed E-state index contributed by atoms with van der Waals surface area (Å²) in [7, 11) is 1.83. The molecule has 0 radical (unpaired) electrons. The van der Waals surface area contributed by atoms with Gasteiger partial charge in [0.2, 0.25) is 5.88 Å². The molecule has 0 aliphatic carbocycles. The van der Waals surface area contributed by atoms with E-state index in [2.05, 4.69) is 34.5 Å². The summed E-state index contributed by atoms with van der Waals surface area (Å²) in [5.41, 5.74) is 0.891. The van der Waals surface area contributed by atoms with E-state index < -0.39 is 0 Å². The number of aromatic nitrogens is 4. The van der Waals surface area contributed by atoms with Gasteiger partial charge >= 0.3 is 0 Å². The molecule has 0 unspecified atom stereocenters. The van der Waals surface area contributed by atoms with Crippen LogP contribution < -0.4 is 10.1 Å². The minimum atomic E-state index is 0.429. The first-order valence-corrected chi connectivity index (χ1v) is 5.86. The highest BCUT2D eigenvalue weighted by molar-refractivity contribution is 5.21. The molecule has 0 aliphatic rings. The molecule has 2 aromatic heterocycles. The Balaban J connectivity index is 1.95. The fourth-order valence-corrected chi connectivity index (χ4v) is 1.38. The van der Waals surface area contributed by atoms with Gasteiger partial charge in [0.05, 0.1) is 18.1 Å². The van der Waals surface area contributed by atoms with Crippen LogP contribution in [0.4, 0.5) is 0 Å². The van der Waals surface area contributed by atoms with Crippen LogP contribution in [-0.4, -0.2) is 26.0 Å². The fourth-order valence-electron chi connectivity index (χ4n) is 1.38. The third-order valence-electron chi connectivity index (χ3n) is 2.29. The predicted molar refractivity (Wildman–Crippen MR) is 67.3 cm³/mol. The molecule has 0 aromatic carbocycles. The van der Waals surface area contributed by atoms with Crippen molar-refractivity contribution < 1.29 is 4.74 Å². The quantitative estimate of drug-likeness (QED) is 0.867. The van der Waals surface area contributed by atoms with Crippen molar-refractivity contribution in [2.75, 3.05) is 0 Å².